The maximum absolute atomic E-state index is 12.4. The summed E-state index contributed by atoms with van der Waals surface area (Å²) in [5, 5.41) is 4.28. The molecule has 3 rings (SSSR count). The lowest BCUT2D eigenvalue weighted by molar-refractivity contribution is -0.121. The first kappa shape index (κ1) is 28.2. The lowest BCUT2D eigenvalue weighted by Gasteiger charge is -2.30. The van der Waals surface area contributed by atoms with Crippen LogP contribution in [0.1, 0.15) is 90.8 Å². The van der Waals surface area contributed by atoms with Crippen LogP contribution in [0.2, 0.25) is 0 Å². The fourth-order valence-electron chi connectivity index (χ4n) is 3.97. The van der Waals surface area contributed by atoms with Gasteiger partial charge in [-0.25, -0.2) is 10.4 Å². The minimum Gasteiger partial charge on any atom is -0.493 e. The monoisotopic (exact) mass is 502 g/mol. The van der Waals surface area contributed by atoms with Crippen molar-refractivity contribution in [3.05, 3.63) is 77.9 Å². The molecule has 2 aromatic carbocycles. The van der Waals surface area contributed by atoms with E-state index in [0.717, 1.165) is 35.6 Å². The average Bonchev–Trinajstić information content (AvgIpc) is 3.45. The Kier molecular flexibility index (Phi) is 9.30. The molecular formula is C31H42N4O2. The van der Waals surface area contributed by atoms with Gasteiger partial charge in [0.25, 0.3) is 0 Å². The van der Waals surface area contributed by atoms with Crippen molar-refractivity contribution >= 4 is 11.6 Å². The van der Waals surface area contributed by atoms with Gasteiger partial charge in [-0.05, 0) is 66.3 Å². The first-order valence-corrected chi connectivity index (χ1v) is 13.3. The molecule has 0 radical (unpaired) electrons. The van der Waals surface area contributed by atoms with Gasteiger partial charge >= 0.3 is 0 Å². The number of nitrogens with one attached hydrogen (secondary N) is 1. The van der Waals surface area contributed by atoms with Crippen LogP contribution >= 0.6 is 0 Å². The molecule has 6 nitrogen and oxygen atoms in total. The van der Waals surface area contributed by atoms with Crippen molar-refractivity contribution in [2.45, 2.75) is 85.0 Å². The molecule has 0 saturated carbocycles. The first-order valence-electron chi connectivity index (χ1n) is 13.3. The molecule has 1 amide bonds. The number of benzene rings is 2. The predicted molar refractivity (Wildman–Crippen MR) is 152 cm³/mol. The number of carbonyl (C=O) groups excluding carboxylic acids is 1. The number of ether oxygens (including phenoxy) is 1. The van der Waals surface area contributed by atoms with Gasteiger partial charge in [0.15, 0.2) is 0 Å². The highest BCUT2D eigenvalue weighted by Crippen LogP contribution is 2.38. The molecule has 1 aromatic heterocycles. The fraction of sp³-hybridized carbons (Fsp3) is 0.452. The molecule has 198 valence electrons. The maximum atomic E-state index is 12.4. The summed E-state index contributed by atoms with van der Waals surface area (Å²) in [6, 6.07) is 14.6. The number of hydrazone groups is 1. The van der Waals surface area contributed by atoms with Crippen molar-refractivity contribution in [3.63, 3.8) is 0 Å². The Bertz CT molecular complexity index is 1190. The molecule has 0 aliphatic carbocycles. The second-order valence-corrected chi connectivity index (χ2v) is 10.9. The molecule has 37 heavy (non-hydrogen) atoms. The van der Waals surface area contributed by atoms with Gasteiger partial charge in [-0.15, -0.1) is 0 Å². The van der Waals surface area contributed by atoms with Crippen molar-refractivity contribution in [1.29, 1.82) is 0 Å². The third kappa shape index (κ3) is 7.31. The van der Waals surface area contributed by atoms with Crippen LogP contribution in [0.25, 0.3) is 5.69 Å². The topological polar surface area (TPSA) is 68.5 Å². The van der Waals surface area contributed by atoms with Crippen molar-refractivity contribution in [2.75, 3.05) is 6.61 Å². The Morgan fingerprint density at radius 3 is 2.35 bits per heavy atom. The van der Waals surface area contributed by atoms with Gasteiger partial charge in [-0.1, -0.05) is 65.8 Å². The van der Waals surface area contributed by atoms with E-state index in [2.05, 4.69) is 75.3 Å². The van der Waals surface area contributed by atoms with Crippen LogP contribution in [0, 0.1) is 0 Å². The van der Waals surface area contributed by atoms with Crippen LogP contribution in [0.4, 0.5) is 0 Å². The molecule has 0 spiro atoms. The van der Waals surface area contributed by atoms with Crippen LogP contribution in [-0.2, 0) is 15.6 Å². The van der Waals surface area contributed by atoms with E-state index in [0.29, 0.717) is 19.4 Å². The predicted octanol–water partition coefficient (Wildman–Crippen LogP) is 6.95. The van der Waals surface area contributed by atoms with Gasteiger partial charge < -0.3 is 9.30 Å². The lowest BCUT2D eigenvalue weighted by Crippen LogP contribution is -2.22. The van der Waals surface area contributed by atoms with Gasteiger partial charge in [0.1, 0.15) is 5.75 Å². The van der Waals surface area contributed by atoms with Gasteiger partial charge in [0, 0.05) is 30.1 Å². The van der Waals surface area contributed by atoms with Gasteiger partial charge in [0.2, 0.25) is 5.91 Å². The van der Waals surface area contributed by atoms with E-state index in [-0.39, 0.29) is 16.7 Å². The highest BCUT2D eigenvalue weighted by atomic mass is 16.5. The Labute approximate surface area is 222 Å². The Balaban J connectivity index is 1.53. The zero-order valence-electron chi connectivity index (χ0n) is 23.5. The first-order chi connectivity index (χ1) is 17.6. The SMILES string of the molecule is CCC(C)(C)c1ccc(OCCCC(=O)N/N=C(/C)c2ccc(-n3ccnc3)cc2)c(C(C)(C)CC)c1. The minimum atomic E-state index is -0.118. The van der Waals surface area contributed by atoms with Crippen molar-refractivity contribution in [3.8, 4) is 11.4 Å². The lowest BCUT2D eigenvalue weighted by atomic mass is 9.76. The number of rotatable bonds is 12. The quantitative estimate of drug-likeness (QED) is 0.166. The third-order valence-corrected chi connectivity index (χ3v) is 7.50. The number of imidazole rings is 1. The molecule has 0 saturated heterocycles. The summed E-state index contributed by atoms with van der Waals surface area (Å²) in [6.07, 6.45) is 8.47. The van der Waals surface area contributed by atoms with E-state index >= 15 is 0 Å². The number of nitrogens with zero attached hydrogens (tertiary/aromatic N) is 3. The van der Waals surface area contributed by atoms with E-state index in [1.54, 1.807) is 12.5 Å². The molecule has 1 heterocycles. The average molecular weight is 503 g/mol. The molecule has 6 heteroatoms. The second kappa shape index (κ2) is 12.2. The van der Waals surface area contributed by atoms with Gasteiger partial charge in [-0.2, -0.15) is 5.10 Å². The summed E-state index contributed by atoms with van der Waals surface area (Å²) in [5.41, 5.74) is 8.10. The fourth-order valence-corrected chi connectivity index (χ4v) is 3.97. The minimum absolute atomic E-state index is 0.00967. The summed E-state index contributed by atoms with van der Waals surface area (Å²) in [7, 11) is 0. The number of hydrogen-bond acceptors (Lipinski definition) is 4. The van der Waals surface area contributed by atoms with E-state index in [4.69, 9.17) is 4.74 Å². The molecule has 1 N–H and O–H groups in total. The number of aromatic nitrogens is 2. The number of amides is 1. The molecule has 0 aliphatic heterocycles. The zero-order valence-corrected chi connectivity index (χ0v) is 23.5. The summed E-state index contributed by atoms with van der Waals surface area (Å²) < 4.78 is 8.13. The summed E-state index contributed by atoms with van der Waals surface area (Å²) in [6.45, 7) is 15.9. The summed E-state index contributed by atoms with van der Waals surface area (Å²) in [4.78, 5) is 16.4. The largest absolute Gasteiger partial charge is 0.493 e. The van der Waals surface area contributed by atoms with Crippen LogP contribution in [0.15, 0.2) is 66.3 Å². The normalized spacial score (nSPS) is 12.5. The van der Waals surface area contributed by atoms with Crippen LogP contribution in [0.3, 0.4) is 0 Å². The molecule has 0 aliphatic rings. The number of carbonyl (C=O) groups is 1. The van der Waals surface area contributed by atoms with Crippen LogP contribution < -0.4 is 10.2 Å². The van der Waals surface area contributed by atoms with Gasteiger partial charge in [-0.3, -0.25) is 4.79 Å². The Morgan fingerprint density at radius 1 is 1.03 bits per heavy atom. The highest BCUT2D eigenvalue weighted by molar-refractivity contribution is 5.99. The van der Waals surface area contributed by atoms with Gasteiger partial charge in [0.05, 0.1) is 18.6 Å². The Hall–Kier alpha value is -3.41. The molecule has 3 aromatic rings. The standard InChI is InChI=1S/C31H42N4O2/c1-8-30(4,5)25-14-17-28(27(21-25)31(6,7)9-2)37-20-10-11-29(36)34-33-23(3)24-12-15-26(16-13-24)35-19-18-32-22-35/h12-19,21-22H,8-11,20H2,1-7H3,(H,34,36)/b33-23-. The number of hydrogen-bond donors (Lipinski definition) is 1. The van der Waals surface area contributed by atoms with E-state index in [1.807, 2.05) is 42.0 Å². The summed E-state index contributed by atoms with van der Waals surface area (Å²) >= 11 is 0. The maximum Gasteiger partial charge on any atom is 0.240 e. The van der Waals surface area contributed by atoms with Crippen molar-refractivity contribution in [2.24, 2.45) is 5.10 Å². The molecule has 0 bridgehead atoms. The van der Waals surface area contributed by atoms with Crippen molar-refractivity contribution in [1.82, 2.24) is 15.0 Å². The Morgan fingerprint density at radius 2 is 1.73 bits per heavy atom. The zero-order chi connectivity index (χ0) is 27.1. The van der Waals surface area contributed by atoms with Crippen molar-refractivity contribution < 1.29 is 9.53 Å². The molecule has 0 atom stereocenters. The molecule has 0 unspecified atom stereocenters. The summed E-state index contributed by atoms with van der Waals surface area (Å²) in [5.74, 6) is 0.794. The second-order valence-electron chi connectivity index (χ2n) is 10.9. The van der Waals surface area contributed by atoms with E-state index in [1.165, 1.54) is 11.1 Å². The molecular weight excluding hydrogens is 460 g/mol. The third-order valence-electron chi connectivity index (χ3n) is 7.50. The van der Waals surface area contributed by atoms with E-state index in [9.17, 15) is 4.79 Å². The highest BCUT2D eigenvalue weighted by Gasteiger charge is 2.26. The van der Waals surface area contributed by atoms with E-state index < -0.39 is 0 Å². The molecule has 0 fully saturated rings. The smallest absolute Gasteiger partial charge is 0.240 e. The van der Waals surface area contributed by atoms with Crippen LogP contribution in [-0.4, -0.2) is 27.8 Å². The van der Waals surface area contributed by atoms with Crippen LogP contribution in [0.5, 0.6) is 5.75 Å².